The number of H-pyrrole nitrogens is 1. The zero-order valence-electron chi connectivity index (χ0n) is 11.4. The first kappa shape index (κ1) is 13.7. The molecule has 3 rings (SSSR count). The van der Waals surface area contributed by atoms with Gasteiger partial charge in [0.2, 0.25) is 0 Å². The van der Waals surface area contributed by atoms with Gasteiger partial charge in [-0.2, -0.15) is 0 Å². The van der Waals surface area contributed by atoms with E-state index in [-0.39, 0.29) is 0 Å². The van der Waals surface area contributed by atoms with Gasteiger partial charge < -0.3 is 10.3 Å². The molecular weight excluding hydrogens is 284 g/mol. The number of fused-ring (bicyclic) bond motifs is 1. The molecule has 0 aliphatic heterocycles. The minimum atomic E-state index is 0.544. The van der Waals surface area contributed by atoms with E-state index in [1.54, 1.807) is 11.3 Å². The normalized spacial score (nSPS) is 12.8. The molecule has 0 aliphatic rings. The Morgan fingerprint density at radius 3 is 2.95 bits per heavy atom. The van der Waals surface area contributed by atoms with E-state index < -0.39 is 0 Å². The molecule has 2 aromatic heterocycles. The predicted molar refractivity (Wildman–Crippen MR) is 89.6 cm³/mol. The third kappa shape index (κ3) is 3.45. The van der Waals surface area contributed by atoms with Crippen molar-refractivity contribution in [1.29, 1.82) is 0 Å². The van der Waals surface area contributed by atoms with Crippen LogP contribution in [0.5, 0.6) is 0 Å². The average Bonchev–Trinajstić information content (AvgIpc) is 3.06. The third-order valence-electron chi connectivity index (χ3n) is 3.14. The molecule has 104 valence electrons. The second-order valence-electron chi connectivity index (χ2n) is 4.86. The topological polar surface area (TPSA) is 27.8 Å². The van der Waals surface area contributed by atoms with Crippen LogP contribution in [0.3, 0.4) is 0 Å². The van der Waals surface area contributed by atoms with Crippen molar-refractivity contribution in [3.8, 4) is 0 Å². The van der Waals surface area contributed by atoms with E-state index >= 15 is 0 Å². The van der Waals surface area contributed by atoms with Gasteiger partial charge in [0, 0.05) is 34.1 Å². The Morgan fingerprint density at radius 1 is 1.25 bits per heavy atom. The van der Waals surface area contributed by atoms with Crippen molar-refractivity contribution in [3.63, 3.8) is 0 Å². The zero-order chi connectivity index (χ0) is 13.8. The lowest BCUT2D eigenvalue weighted by molar-refractivity contribution is 0.690. The van der Waals surface area contributed by atoms with Crippen LogP contribution in [0.15, 0.2) is 52.9 Å². The van der Waals surface area contributed by atoms with E-state index in [0.29, 0.717) is 5.25 Å². The van der Waals surface area contributed by atoms with Crippen molar-refractivity contribution in [2.45, 2.75) is 23.7 Å². The lowest BCUT2D eigenvalue weighted by Crippen LogP contribution is -2.21. The SMILES string of the molecule is CC(CNCc1cccs1)Sc1cc2ccccc2[nH]1. The molecule has 1 aromatic carbocycles. The van der Waals surface area contributed by atoms with E-state index in [0.717, 1.165) is 13.1 Å². The summed E-state index contributed by atoms with van der Waals surface area (Å²) in [5.41, 5.74) is 1.22. The van der Waals surface area contributed by atoms with Crippen LogP contribution in [0, 0.1) is 0 Å². The summed E-state index contributed by atoms with van der Waals surface area (Å²) in [6.45, 7) is 4.24. The summed E-state index contributed by atoms with van der Waals surface area (Å²) >= 11 is 3.70. The summed E-state index contributed by atoms with van der Waals surface area (Å²) in [6.07, 6.45) is 0. The molecule has 1 unspecified atom stereocenters. The highest BCUT2D eigenvalue weighted by atomic mass is 32.2. The molecule has 4 heteroatoms. The van der Waals surface area contributed by atoms with Crippen LogP contribution in [0.1, 0.15) is 11.8 Å². The molecule has 0 amide bonds. The van der Waals surface area contributed by atoms with Crippen LogP contribution in [0.25, 0.3) is 10.9 Å². The molecule has 0 saturated carbocycles. The Bertz CT molecular complexity index is 625. The lowest BCUT2D eigenvalue weighted by Gasteiger charge is -2.10. The Labute approximate surface area is 127 Å². The lowest BCUT2D eigenvalue weighted by atomic mass is 10.3. The monoisotopic (exact) mass is 302 g/mol. The summed E-state index contributed by atoms with van der Waals surface area (Å²) in [5.74, 6) is 0. The number of thioether (sulfide) groups is 1. The quantitative estimate of drug-likeness (QED) is 0.656. The maximum Gasteiger partial charge on any atom is 0.0735 e. The number of hydrogen-bond acceptors (Lipinski definition) is 3. The molecule has 2 nitrogen and oxygen atoms in total. The molecule has 3 aromatic rings. The number of benzene rings is 1. The summed E-state index contributed by atoms with van der Waals surface area (Å²) in [5, 5.41) is 8.72. The van der Waals surface area contributed by atoms with Gasteiger partial charge in [-0.1, -0.05) is 31.2 Å². The van der Waals surface area contributed by atoms with Gasteiger partial charge in [-0.25, -0.2) is 0 Å². The van der Waals surface area contributed by atoms with Gasteiger partial charge in [-0.3, -0.25) is 0 Å². The van der Waals surface area contributed by atoms with Crippen LogP contribution < -0.4 is 5.32 Å². The smallest absolute Gasteiger partial charge is 0.0735 e. The summed E-state index contributed by atoms with van der Waals surface area (Å²) in [7, 11) is 0. The Hall–Kier alpha value is -1.23. The van der Waals surface area contributed by atoms with Crippen LogP contribution in [-0.4, -0.2) is 16.8 Å². The summed E-state index contributed by atoms with van der Waals surface area (Å²) < 4.78 is 0. The molecule has 0 spiro atoms. The highest BCUT2D eigenvalue weighted by Gasteiger charge is 2.07. The molecule has 0 radical (unpaired) electrons. The van der Waals surface area contributed by atoms with Crippen LogP contribution in [-0.2, 0) is 6.54 Å². The number of aromatic nitrogens is 1. The summed E-state index contributed by atoms with van der Waals surface area (Å²) in [4.78, 5) is 4.86. The first-order valence-electron chi connectivity index (χ1n) is 6.79. The van der Waals surface area contributed by atoms with Gasteiger partial charge in [0.1, 0.15) is 0 Å². The molecule has 0 bridgehead atoms. The summed E-state index contributed by atoms with van der Waals surface area (Å²) in [6, 6.07) is 14.9. The molecule has 20 heavy (non-hydrogen) atoms. The molecule has 0 aliphatic carbocycles. The average molecular weight is 302 g/mol. The number of nitrogens with one attached hydrogen (secondary N) is 2. The van der Waals surface area contributed by atoms with Gasteiger partial charge in [-0.05, 0) is 23.6 Å². The fourth-order valence-electron chi connectivity index (χ4n) is 2.18. The van der Waals surface area contributed by atoms with Gasteiger partial charge in [0.15, 0.2) is 0 Å². The molecule has 2 N–H and O–H groups in total. The highest BCUT2D eigenvalue weighted by molar-refractivity contribution is 7.99. The number of hydrogen-bond donors (Lipinski definition) is 2. The number of rotatable bonds is 6. The van der Waals surface area contributed by atoms with E-state index in [2.05, 4.69) is 65.1 Å². The Kier molecular flexibility index (Phi) is 4.45. The molecule has 1 atom stereocenters. The Morgan fingerprint density at radius 2 is 2.15 bits per heavy atom. The van der Waals surface area contributed by atoms with Crippen molar-refractivity contribution >= 4 is 34.0 Å². The van der Waals surface area contributed by atoms with E-state index in [1.807, 2.05) is 11.8 Å². The van der Waals surface area contributed by atoms with Crippen LogP contribution in [0.2, 0.25) is 0 Å². The standard InChI is InChI=1S/C16H18N2S2/c1-12(10-17-11-14-6-4-8-19-14)20-16-9-13-5-2-3-7-15(13)18-16/h2-9,12,17-18H,10-11H2,1H3. The fraction of sp³-hybridized carbons (Fsp3) is 0.250. The predicted octanol–water partition coefficient (Wildman–Crippen LogP) is 4.50. The van der Waals surface area contributed by atoms with Crippen LogP contribution >= 0.6 is 23.1 Å². The van der Waals surface area contributed by atoms with Crippen molar-refractivity contribution in [3.05, 3.63) is 52.7 Å². The van der Waals surface area contributed by atoms with E-state index in [4.69, 9.17) is 0 Å². The number of thiophene rings is 1. The molecule has 2 heterocycles. The number of para-hydroxylation sites is 1. The third-order valence-corrected chi connectivity index (χ3v) is 5.06. The maximum atomic E-state index is 3.52. The first-order chi connectivity index (χ1) is 9.81. The van der Waals surface area contributed by atoms with Crippen molar-refractivity contribution < 1.29 is 0 Å². The first-order valence-corrected chi connectivity index (χ1v) is 8.55. The van der Waals surface area contributed by atoms with E-state index in [9.17, 15) is 0 Å². The van der Waals surface area contributed by atoms with Crippen molar-refractivity contribution in [1.82, 2.24) is 10.3 Å². The minimum absolute atomic E-state index is 0.544. The highest BCUT2D eigenvalue weighted by Crippen LogP contribution is 2.26. The second kappa shape index (κ2) is 6.48. The van der Waals surface area contributed by atoms with Crippen molar-refractivity contribution in [2.24, 2.45) is 0 Å². The van der Waals surface area contributed by atoms with Crippen molar-refractivity contribution in [2.75, 3.05) is 6.54 Å². The largest absolute Gasteiger partial charge is 0.350 e. The van der Waals surface area contributed by atoms with Gasteiger partial charge >= 0.3 is 0 Å². The van der Waals surface area contributed by atoms with E-state index in [1.165, 1.54) is 20.8 Å². The Balaban J connectivity index is 1.51. The molecule has 0 fully saturated rings. The number of aromatic amines is 1. The minimum Gasteiger partial charge on any atom is -0.350 e. The second-order valence-corrected chi connectivity index (χ2v) is 7.37. The van der Waals surface area contributed by atoms with Crippen LogP contribution in [0.4, 0.5) is 0 Å². The maximum absolute atomic E-state index is 3.52. The molecular formula is C16H18N2S2. The fourth-order valence-corrected chi connectivity index (χ4v) is 3.85. The van der Waals surface area contributed by atoms with Gasteiger partial charge in [0.25, 0.3) is 0 Å². The molecule has 0 saturated heterocycles. The van der Waals surface area contributed by atoms with Gasteiger partial charge in [0.05, 0.1) is 5.03 Å². The van der Waals surface area contributed by atoms with Gasteiger partial charge in [-0.15, -0.1) is 23.1 Å². The zero-order valence-corrected chi connectivity index (χ0v) is 13.1.